The predicted molar refractivity (Wildman–Crippen MR) is 114 cm³/mol. The number of hydrogen-bond donors (Lipinski definition) is 1. The zero-order chi connectivity index (χ0) is 20.6. The minimum Gasteiger partial charge on any atom is -0.451 e. The molecule has 0 spiro atoms. The highest BCUT2D eigenvalue weighted by molar-refractivity contribution is 7.90. The van der Waals surface area contributed by atoms with Gasteiger partial charge in [0.2, 0.25) is 0 Å². The SMILES string of the molecule is CC[C@H](NC(=O)c1cc2c(ccc3ccccc32)o1)c1ccc(S(C)(=O)=O)cc1. The molecule has 1 amide bonds. The molecule has 0 saturated heterocycles. The Bertz CT molecular complexity index is 1300. The second-order valence-corrected chi connectivity index (χ2v) is 9.10. The standard InChI is InChI=1S/C23H21NO4S/c1-3-20(16-8-11-17(12-9-16)29(2,26)27)24-23(25)22-14-19-18-7-5-4-6-15(18)10-13-21(19)28-22/h4-14,20H,3H2,1-2H3,(H,24,25)/t20-/m0/s1. The molecule has 0 unspecified atom stereocenters. The predicted octanol–water partition coefficient (Wildman–Crippen LogP) is 4.87. The first kappa shape index (κ1) is 19.2. The van der Waals surface area contributed by atoms with E-state index in [0.29, 0.717) is 12.0 Å². The van der Waals surface area contributed by atoms with E-state index in [-0.39, 0.29) is 22.6 Å². The van der Waals surface area contributed by atoms with Gasteiger partial charge in [-0.25, -0.2) is 8.42 Å². The number of furan rings is 1. The minimum absolute atomic E-state index is 0.249. The van der Waals surface area contributed by atoms with Gasteiger partial charge in [-0.1, -0.05) is 49.4 Å². The summed E-state index contributed by atoms with van der Waals surface area (Å²) >= 11 is 0. The van der Waals surface area contributed by atoms with E-state index in [0.717, 1.165) is 21.7 Å². The maximum Gasteiger partial charge on any atom is 0.287 e. The van der Waals surface area contributed by atoms with Crippen LogP contribution in [-0.4, -0.2) is 20.6 Å². The smallest absolute Gasteiger partial charge is 0.287 e. The van der Waals surface area contributed by atoms with Gasteiger partial charge in [0.25, 0.3) is 5.91 Å². The lowest BCUT2D eigenvalue weighted by molar-refractivity contribution is 0.0909. The van der Waals surface area contributed by atoms with Crippen molar-refractivity contribution in [2.45, 2.75) is 24.3 Å². The molecule has 0 aliphatic rings. The lowest BCUT2D eigenvalue weighted by atomic mass is 10.0. The lowest BCUT2D eigenvalue weighted by Crippen LogP contribution is -2.27. The van der Waals surface area contributed by atoms with Gasteiger partial charge >= 0.3 is 0 Å². The van der Waals surface area contributed by atoms with Crippen LogP contribution in [0.4, 0.5) is 0 Å². The Kier molecular flexibility index (Phi) is 4.88. The number of hydrogen-bond acceptors (Lipinski definition) is 4. The van der Waals surface area contributed by atoms with Crippen LogP contribution in [0.25, 0.3) is 21.7 Å². The number of sulfone groups is 1. The molecule has 1 aromatic heterocycles. The summed E-state index contributed by atoms with van der Waals surface area (Å²) in [6.07, 6.45) is 1.83. The van der Waals surface area contributed by atoms with E-state index in [1.54, 1.807) is 30.3 Å². The number of nitrogens with one attached hydrogen (secondary N) is 1. The van der Waals surface area contributed by atoms with Gasteiger partial charge in [-0.15, -0.1) is 0 Å². The molecule has 0 aliphatic carbocycles. The van der Waals surface area contributed by atoms with E-state index >= 15 is 0 Å². The molecule has 0 aliphatic heterocycles. The highest BCUT2D eigenvalue weighted by atomic mass is 32.2. The molecule has 0 bridgehead atoms. The second kappa shape index (κ2) is 7.37. The fraction of sp³-hybridized carbons (Fsp3) is 0.174. The summed E-state index contributed by atoms with van der Waals surface area (Å²) in [6.45, 7) is 1.96. The fourth-order valence-electron chi connectivity index (χ4n) is 3.50. The van der Waals surface area contributed by atoms with Crippen molar-refractivity contribution in [3.8, 4) is 0 Å². The highest BCUT2D eigenvalue weighted by Gasteiger charge is 2.19. The first-order valence-corrected chi connectivity index (χ1v) is 11.3. The Labute approximate surface area is 169 Å². The monoisotopic (exact) mass is 407 g/mol. The van der Waals surface area contributed by atoms with Crippen LogP contribution < -0.4 is 5.32 Å². The van der Waals surface area contributed by atoms with Crippen molar-refractivity contribution in [2.24, 2.45) is 0 Å². The number of benzene rings is 3. The quantitative estimate of drug-likeness (QED) is 0.512. The topological polar surface area (TPSA) is 76.4 Å². The van der Waals surface area contributed by atoms with Crippen molar-refractivity contribution in [1.82, 2.24) is 5.32 Å². The molecule has 29 heavy (non-hydrogen) atoms. The molecular formula is C23H21NO4S. The van der Waals surface area contributed by atoms with Crippen LogP contribution in [0.3, 0.4) is 0 Å². The highest BCUT2D eigenvalue weighted by Crippen LogP contribution is 2.28. The van der Waals surface area contributed by atoms with Gasteiger partial charge in [0.05, 0.1) is 10.9 Å². The Hall–Kier alpha value is -3.12. The van der Waals surface area contributed by atoms with E-state index in [4.69, 9.17) is 4.42 Å². The summed E-state index contributed by atoms with van der Waals surface area (Å²) < 4.78 is 29.1. The zero-order valence-corrected chi connectivity index (χ0v) is 17.0. The van der Waals surface area contributed by atoms with Crippen molar-refractivity contribution in [1.29, 1.82) is 0 Å². The Morgan fingerprint density at radius 2 is 1.72 bits per heavy atom. The van der Waals surface area contributed by atoms with Crippen LogP contribution in [0.5, 0.6) is 0 Å². The average Bonchev–Trinajstić information content (AvgIpc) is 3.16. The normalized spacial score (nSPS) is 12.9. The van der Waals surface area contributed by atoms with E-state index in [2.05, 4.69) is 5.32 Å². The molecule has 0 fully saturated rings. The molecule has 4 aromatic rings. The molecule has 1 heterocycles. The summed E-state index contributed by atoms with van der Waals surface area (Å²) in [5.74, 6) is -0.0492. The molecule has 1 N–H and O–H groups in total. The van der Waals surface area contributed by atoms with Crippen LogP contribution in [0.1, 0.15) is 35.5 Å². The van der Waals surface area contributed by atoms with Gasteiger partial charge in [-0.3, -0.25) is 4.79 Å². The zero-order valence-electron chi connectivity index (χ0n) is 16.2. The fourth-order valence-corrected chi connectivity index (χ4v) is 4.13. The third kappa shape index (κ3) is 3.76. The average molecular weight is 407 g/mol. The van der Waals surface area contributed by atoms with Gasteiger partial charge < -0.3 is 9.73 Å². The first-order chi connectivity index (χ1) is 13.9. The van der Waals surface area contributed by atoms with Crippen molar-refractivity contribution in [3.63, 3.8) is 0 Å². The summed E-state index contributed by atoms with van der Waals surface area (Å²) in [4.78, 5) is 13.1. The lowest BCUT2D eigenvalue weighted by Gasteiger charge is -2.17. The van der Waals surface area contributed by atoms with Gasteiger partial charge in [0.15, 0.2) is 15.6 Å². The Balaban J connectivity index is 1.61. The maximum atomic E-state index is 12.8. The molecule has 148 valence electrons. The van der Waals surface area contributed by atoms with E-state index in [9.17, 15) is 13.2 Å². The molecule has 0 saturated carbocycles. The van der Waals surface area contributed by atoms with Gasteiger partial charge in [0.1, 0.15) is 5.58 Å². The maximum absolute atomic E-state index is 12.8. The van der Waals surface area contributed by atoms with Crippen LogP contribution >= 0.6 is 0 Å². The van der Waals surface area contributed by atoms with Gasteiger partial charge in [-0.05, 0) is 47.0 Å². The Morgan fingerprint density at radius 1 is 1.00 bits per heavy atom. The Morgan fingerprint density at radius 3 is 2.41 bits per heavy atom. The van der Waals surface area contributed by atoms with Crippen molar-refractivity contribution >= 4 is 37.5 Å². The van der Waals surface area contributed by atoms with E-state index < -0.39 is 9.84 Å². The third-order valence-corrected chi connectivity index (χ3v) is 6.20. The number of carbonyl (C=O) groups excluding carboxylic acids is 1. The van der Waals surface area contributed by atoms with Crippen molar-refractivity contribution < 1.29 is 17.6 Å². The second-order valence-electron chi connectivity index (χ2n) is 7.08. The molecule has 6 heteroatoms. The summed E-state index contributed by atoms with van der Waals surface area (Å²) in [6, 6.07) is 19.9. The first-order valence-electron chi connectivity index (χ1n) is 9.39. The van der Waals surface area contributed by atoms with Crippen LogP contribution in [0, 0.1) is 0 Å². The van der Waals surface area contributed by atoms with Gasteiger partial charge in [-0.2, -0.15) is 0 Å². The van der Waals surface area contributed by atoms with Crippen molar-refractivity contribution in [3.05, 3.63) is 78.1 Å². The van der Waals surface area contributed by atoms with Crippen molar-refractivity contribution in [2.75, 3.05) is 6.26 Å². The number of fused-ring (bicyclic) bond motifs is 3. The van der Waals surface area contributed by atoms with Crippen LogP contribution in [-0.2, 0) is 9.84 Å². The molecule has 0 radical (unpaired) electrons. The minimum atomic E-state index is -3.25. The molecule has 5 nitrogen and oxygen atoms in total. The number of rotatable bonds is 5. The third-order valence-electron chi connectivity index (χ3n) is 5.07. The summed E-state index contributed by atoms with van der Waals surface area (Å²) in [7, 11) is -3.25. The summed E-state index contributed by atoms with van der Waals surface area (Å²) in [5, 5.41) is 6.01. The van der Waals surface area contributed by atoms with Crippen LogP contribution in [0.2, 0.25) is 0 Å². The van der Waals surface area contributed by atoms with Gasteiger partial charge in [0, 0.05) is 11.6 Å². The molecule has 3 aromatic carbocycles. The number of carbonyl (C=O) groups is 1. The van der Waals surface area contributed by atoms with E-state index in [1.165, 1.54) is 6.26 Å². The summed E-state index contributed by atoms with van der Waals surface area (Å²) in [5.41, 5.74) is 1.51. The molecule has 1 atom stereocenters. The molecule has 4 rings (SSSR count). The molecular weight excluding hydrogens is 386 g/mol. The largest absolute Gasteiger partial charge is 0.451 e. The van der Waals surface area contributed by atoms with Crippen LogP contribution in [0.15, 0.2) is 76.0 Å². The van der Waals surface area contributed by atoms with E-state index in [1.807, 2.05) is 43.3 Å². The number of amides is 1.